The van der Waals surface area contributed by atoms with Crippen molar-refractivity contribution < 1.29 is 9.47 Å². The first-order chi connectivity index (χ1) is 16.7. The standard InChI is InChI=1S/C21H29N9O2S2/c1-4-22-16-25-17(29-21(28-16)34-15-9-7-6-8-10-15)23-11-12-24-18-26-19(32-14-13-31-3)30-20(27-18)33-5-2/h6-10H,4-5,11-14H2,1-3H3,(H,24,26,27,30)(H2,22,23,25,28,29). The molecule has 13 heteroatoms. The van der Waals surface area contributed by atoms with Crippen LogP contribution in [0, 0.1) is 0 Å². The van der Waals surface area contributed by atoms with E-state index >= 15 is 0 Å². The lowest BCUT2D eigenvalue weighted by atomic mass is 10.4. The van der Waals surface area contributed by atoms with Crippen LogP contribution < -0.4 is 20.7 Å². The van der Waals surface area contributed by atoms with Crippen LogP contribution in [0.2, 0.25) is 0 Å². The third-order valence-corrected chi connectivity index (χ3v) is 5.58. The zero-order valence-corrected chi connectivity index (χ0v) is 21.1. The van der Waals surface area contributed by atoms with Gasteiger partial charge in [-0.1, -0.05) is 36.9 Å². The first kappa shape index (κ1) is 25.7. The predicted octanol–water partition coefficient (Wildman–Crippen LogP) is 3.30. The zero-order valence-electron chi connectivity index (χ0n) is 19.4. The normalized spacial score (nSPS) is 10.7. The number of rotatable bonds is 15. The molecule has 0 spiro atoms. The fourth-order valence-corrected chi connectivity index (χ4v) is 3.87. The Hall–Kier alpha value is -2.90. The molecule has 0 saturated heterocycles. The Morgan fingerprint density at radius 1 is 0.765 bits per heavy atom. The van der Waals surface area contributed by atoms with Gasteiger partial charge in [0.2, 0.25) is 17.8 Å². The van der Waals surface area contributed by atoms with Crippen LogP contribution in [0.1, 0.15) is 13.8 Å². The summed E-state index contributed by atoms with van der Waals surface area (Å²) in [4.78, 5) is 27.6. The summed E-state index contributed by atoms with van der Waals surface area (Å²) in [6.07, 6.45) is 0. The van der Waals surface area contributed by atoms with E-state index in [0.717, 1.165) is 10.6 Å². The topological polar surface area (TPSA) is 132 Å². The first-order valence-electron chi connectivity index (χ1n) is 10.9. The minimum absolute atomic E-state index is 0.272. The van der Waals surface area contributed by atoms with Gasteiger partial charge in [0.15, 0.2) is 10.3 Å². The van der Waals surface area contributed by atoms with Crippen LogP contribution in [-0.4, -0.2) is 75.6 Å². The second-order valence-electron chi connectivity index (χ2n) is 6.56. The van der Waals surface area contributed by atoms with Gasteiger partial charge in [0.05, 0.1) is 6.61 Å². The molecule has 11 nitrogen and oxygen atoms in total. The highest BCUT2D eigenvalue weighted by molar-refractivity contribution is 7.99. The number of ether oxygens (including phenoxy) is 2. The van der Waals surface area contributed by atoms with Crippen molar-refractivity contribution in [1.82, 2.24) is 29.9 Å². The number of hydrogen-bond donors (Lipinski definition) is 3. The average molecular weight is 504 g/mol. The molecule has 3 aromatic rings. The molecular formula is C21H29N9O2S2. The third kappa shape index (κ3) is 8.80. The number of benzene rings is 1. The third-order valence-electron chi connectivity index (χ3n) is 3.98. The Labute approximate surface area is 207 Å². The van der Waals surface area contributed by atoms with Gasteiger partial charge in [0.25, 0.3) is 0 Å². The van der Waals surface area contributed by atoms with E-state index in [4.69, 9.17) is 9.47 Å². The molecule has 2 heterocycles. The quantitative estimate of drug-likeness (QED) is 0.207. The highest BCUT2D eigenvalue weighted by Crippen LogP contribution is 2.25. The number of anilines is 3. The Bertz CT molecular complexity index is 1010. The van der Waals surface area contributed by atoms with Crippen molar-refractivity contribution in [2.24, 2.45) is 0 Å². The zero-order chi connectivity index (χ0) is 24.0. The Balaban J connectivity index is 1.60. The maximum absolute atomic E-state index is 5.56. The molecule has 2 aromatic heterocycles. The molecule has 182 valence electrons. The van der Waals surface area contributed by atoms with E-state index in [1.807, 2.05) is 44.2 Å². The van der Waals surface area contributed by atoms with Crippen molar-refractivity contribution in [3.05, 3.63) is 30.3 Å². The van der Waals surface area contributed by atoms with Gasteiger partial charge < -0.3 is 25.4 Å². The molecule has 0 amide bonds. The average Bonchev–Trinajstić information content (AvgIpc) is 2.83. The Morgan fingerprint density at radius 3 is 2.12 bits per heavy atom. The minimum atomic E-state index is 0.272. The van der Waals surface area contributed by atoms with Crippen LogP contribution in [0.15, 0.2) is 45.5 Å². The van der Waals surface area contributed by atoms with Gasteiger partial charge in [-0.2, -0.15) is 29.9 Å². The van der Waals surface area contributed by atoms with Gasteiger partial charge in [-0.3, -0.25) is 0 Å². The van der Waals surface area contributed by atoms with Crippen LogP contribution >= 0.6 is 23.5 Å². The molecule has 0 aliphatic carbocycles. The van der Waals surface area contributed by atoms with Crippen LogP contribution in [0.25, 0.3) is 0 Å². The smallest absolute Gasteiger partial charge is 0.322 e. The summed E-state index contributed by atoms with van der Waals surface area (Å²) in [5.41, 5.74) is 0. The number of methoxy groups -OCH3 is 1. The number of hydrogen-bond acceptors (Lipinski definition) is 13. The molecule has 34 heavy (non-hydrogen) atoms. The van der Waals surface area contributed by atoms with Gasteiger partial charge in [-0.05, 0) is 36.6 Å². The Morgan fingerprint density at radius 2 is 1.44 bits per heavy atom. The predicted molar refractivity (Wildman–Crippen MR) is 135 cm³/mol. The highest BCUT2D eigenvalue weighted by atomic mass is 32.2. The second-order valence-corrected chi connectivity index (χ2v) is 8.83. The molecular weight excluding hydrogens is 474 g/mol. The maximum Gasteiger partial charge on any atom is 0.322 e. The van der Waals surface area contributed by atoms with Crippen molar-refractivity contribution in [1.29, 1.82) is 0 Å². The molecule has 0 fully saturated rings. The summed E-state index contributed by atoms with van der Waals surface area (Å²) in [7, 11) is 1.62. The van der Waals surface area contributed by atoms with Crippen molar-refractivity contribution in [3.8, 4) is 6.01 Å². The SMILES string of the molecule is CCNc1nc(NCCNc2nc(OCCOC)nc(SCC)n2)nc(Sc2ccccc2)n1. The van der Waals surface area contributed by atoms with Crippen molar-refractivity contribution in [2.45, 2.75) is 29.1 Å². The lowest BCUT2D eigenvalue weighted by Crippen LogP contribution is -2.18. The molecule has 0 aliphatic heterocycles. The van der Waals surface area contributed by atoms with Crippen LogP contribution in [0.5, 0.6) is 6.01 Å². The largest absolute Gasteiger partial charge is 0.461 e. The molecule has 0 saturated carbocycles. The van der Waals surface area contributed by atoms with E-state index in [0.29, 0.717) is 61.0 Å². The van der Waals surface area contributed by atoms with Crippen LogP contribution in [0.4, 0.5) is 17.8 Å². The fraction of sp³-hybridized carbons (Fsp3) is 0.429. The van der Waals surface area contributed by atoms with E-state index in [2.05, 4.69) is 45.9 Å². The monoisotopic (exact) mass is 503 g/mol. The molecule has 0 aliphatic rings. The maximum atomic E-state index is 5.56. The van der Waals surface area contributed by atoms with E-state index in [9.17, 15) is 0 Å². The van der Waals surface area contributed by atoms with Gasteiger partial charge in [-0.15, -0.1) is 0 Å². The molecule has 1 aromatic carbocycles. The van der Waals surface area contributed by atoms with Crippen LogP contribution in [0.3, 0.4) is 0 Å². The van der Waals surface area contributed by atoms with Gasteiger partial charge in [0.1, 0.15) is 6.61 Å². The van der Waals surface area contributed by atoms with E-state index in [1.54, 1.807) is 7.11 Å². The van der Waals surface area contributed by atoms with Gasteiger partial charge >= 0.3 is 6.01 Å². The lowest BCUT2D eigenvalue weighted by molar-refractivity contribution is 0.140. The fourth-order valence-electron chi connectivity index (χ4n) is 2.55. The first-order valence-corrected chi connectivity index (χ1v) is 12.7. The molecule has 0 bridgehead atoms. The summed E-state index contributed by atoms with van der Waals surface area (Å²) in [5.74, 6) is 2.32. The molecule has 0 unspecified atom stereocenters. The summed E-state index contributed by atoms with van der Waals surface area (Å²) < 4.78 is 10.6. The van der Waals surface area contributed by atoms with E-state index in [-0.39, 0.29) is 6.01 Å². The summed E-state index contributed by atoms with van der Waals surface area (Å²) in [6, 6.07) is 10.3. The number of aromatic nitrogens is 6. The molecule has 0 radical (unpaired) electrons. The number of nitrogens with zero attached hydrogens (tertiary/aromatic N) is 6. The Kier molecular flexibility index (Phi) is 10.9. The highest BCUT2D eigenvalue weighted by Gasteiger charge is 2.10. The number of thioether (sulfide) groups is 1. The second kappa shape index (κ2) is 14.4. The van der Waals surface area contributed by atoms with Gasteiger partial charge in [0, 0.05) is 31.6 Å². The van der Waals surface area contributed by atoms with E-state index < -0.39 is 0 Å². The molecule has 0 atom stereocenters. The van der Waals surface area contributed by atoms with Crippen molar-refractivity contribution in [2.75, 3.05) is 61.7 Å². The summed E-state index contributed by atoms with van der Waals surface area (Å²) >= 11 is 3.01. The van der Waals surface area contributed by atoms with E-state index in [1.165, 1.54) is 23.5 Å². The summed E-state index contributed by atoms with van der Waals surface area (Å²) in [5, 5.41) is 10.8. The lowest BCUT2D eigenvalue weighted by Gasteiger charge is -2.11. The minimum Gasteiger partial charge on any atom is -0.461 e. The molecule has 3 rings (SSSR count). The van der Waals surface area contributed by atoms with Crippen LogP contribution in [-0.2, 0) is 4.74 Å². The van der Waals surface area contributed by atoms with Crippen molar-refractivity contribution in [3.63, 3.8) is 0 Å². The van der Waals surface area contributed by atoms with Crippen molar-refractivity contribution >= 4 is 41.4 Å². The van der Waals surface area contributed by atoms with Gasteiger partial charge in [-0.25, -0.2) is 0 Å². The number of nitrogens with one attached hydrogen (secondary N) is 3. The molecule has 3 N–H and O–H groups in total. The summed E-state index contributed by atoms with van der Waals surface area (Å²) in [6.45, 7) is 6.67.